The third kappa shape index (κ3) is 4.16. The second-order valence-electron chi connectivity index (χ2n) is 5.25. The summed E-state index contributed by atoms with van der Waals surface area (Å²) < 4.78 is 27.3. The van der Waals surface area contributed by atoms with Gasteiger partial charge in [0.1, 0.15) is 6.04 Å². The Balaban J connectivity index is 2.40. The number of carbonyl (C=O) groups is 1. The molecule has 0 amide bonds. The first kappa shape index (κ1) is 17.6. The van der Waals surface area contributed by atoms with Crippen molar-refractivity contribution in [2.45, 2.75) is 25.8 Å². The predicted molar refractivity (Wildman–Crippen MR) is 91.2 cm³/mol. The maximum absolute atomic E-state index is 12.2. The zero-order valence-corrected chi connectivity index (χ0v) is 14.1. The Morgan fingerprint density at radius 2 is 1.96 bits per heavy atom. The van der Waals surface area contributed by atoms with Crippen molar-refractivity contribution in [2.75, 3.05) is 13.7 Å². The lowest BCUT2D eigenvalue weighted by Crippen LogP contribution is -2.44. The van der Waals surface area contributed by atoms with Crippen LogP contribution in [0.15, 0.2) is 42.5 Å². The number of hydrogen-bond donors (Lipinski definition) is 1. The van der Waals surface area contributed by atoms with Crippen LogP contribution in [0.25, 0.3) is 10.8 Å². The van der Waals surface area contributed by atoms with E-state index in [1.807, 2.05) is 49.4 Å². The summed E-state index contributed by atoms with van der Waals surface area (Å²) in [5.41, 5.74) is 0.949. The summed E-state index contributed by atoms with van der Waals surface area (Å²) >= 11 is -2.23. The number of hydrogen-bond acceptors (Lipinski definition) is 3. The van der Waals surface area contributed by atoms with Crippen molar-refractivity contribution >= 4 is 28.0 Å². The van der Waals surface area contributed by atoms with Gasteiger partial charge in [-0.25, -0.2) is 4.21 Å². The molecule has 0 aliphatic heterocycles. The molecule has 0 aromatic heterocycles. The molecule has 0 saturated carbocycles. The van der Waals surface area contributed by atoms with Crippen LogP contribution in [0.4, 0.5) is 0 Å². The molecule has 5 nitrogen and oxygen atoms in total. The molecule has 6 heteroatoms. The van der Waals surface area contributed by atoms with Gasteiger partial charge in [-0.05, 0) is 22.8 Å². The van der Waals surface area contributed by atoms with Crippen molar-refractivity contribution in [3.8, 4) is 0 Å². The zero-order chi connectivity index (χ0) is 16.8. The van der Waals surface area contributed by atoms with Crippen molar-refractivity contribution in [3.63, 3.8) is 0 Å². The third-order valence-electron chi connectivity index (χ3n) is 3.76. The topological polar surface area (TPSA) is 66.8 Å². The summed E-state index contributed by atoms with van der Waals surface area (Å²) in [6.45, 7) is 2.24. The second-order valence-corrected chi connectivity index (χ2v) is 6.18. The van der Waals surface area contributed by atoms with Gasteiger partial charge in [0.25, 0.3) is 0 Å². The lowest BCUT2D eigenvalue weighted by molar-refractivity contribution is -0.145. The molecule has 2 aromatic rings. The summed E-state index contributed by atoms with van der Waals surface area (Å²) in [7, 11) is 1.29. The maximum Gasteiger partial charge on any atom is 0.324 e. The van der Waals surface area contributed by atoms with Gasteiger partial charge in [0.2, 0.25) is 11.3 Å². The average Bonchev–Trinajstić information content (AvgIpc) is 2.57. The molecule has 0 saturated heterocycles. The molecule has 0 radical (unpaired) electrons. The van der Waals surface area contributed by atoms with Crippen molar-refractivity contribution < 1.29 is 18.3 Å². The summed E-state index contributed by atoms with van der Waals surface area (Å²) in [5.74, 6) is -0.506. The van der Waals surface area contributed by atoms with Gasteiger partial charge in [-0.3, -0.25) is 9.35 Å². The summed E-state index contributed by atoms with van der Waals surface area (Å²) in [5, 5.41) is 2.10. The van der Waals surface area contributed by atoms with Gasteiger partial charge < -0.3 is 4.74 Å². The van der Waals surface area contributed by atoms with E-state index in [-0.39, 0.29) is 0 Å². The molecule has 0 aliphatic carbocycles. The van der Waals surface area contributed by atoms with Gasteiger partial charge in [0, 0.05) is 13.0 Å². The fraction of sp³-hybridized carbons (Fsp3) is 0.353. The molecule has 0 bridgehead atoms. The first-order valence-electron chi connectivity index (χ1n) is 7.50. The van der Waals surface area contributed by atoms with E-state index >= 15 is 0 Å². The SMILES string of the molecule is CCCN(C(Cc1cccc2ccccc12)C(=O)OC)S(=O)O. The highest BCUT2D eigenvalue weighted by Crippen LogP contribution is 2.22. The van der Waals surface area contributed by atoms with Gasteiger partial charge in [0.05, 0.1) is 7.11 Å². The van der Waals surface area contributed by atoms with E-state index in [4.69, 9.17) is 4.74 Å². The minimum absolute atomic E-state index is 0.320. The van der Waals surface area contributed by atoms with Gasteiger partial charge >= 0.3 is 5.97 Å². The largest absolute Gasteiger partial charge is 0.468 e. The molecule has 0 heterocycles. The van der Waals surface area contributed by atoms with Crippen LogP contribution in [0.5, 0.6) is 0 Å². The predicted octanol–water partition coefficient (Wildman–Crippen LogP) is 2.77. The Hall–Kier alpha value is -1.76. The lowest BCUT2D eigenvalue weighted by atomic mass is 9.98. The molecular formula is C17H21NO4S. The zero-order valence-electron chi connectivity index (χ0n) is 13.3. The Morgan fingerprint density at radius 3 is 2.61 bits per heavy atom. The Morgan fingerprint density at radius 1 is 1.26 bits per heavy atom. The fourth-order valence-corrected chi connectivity index (χ4v) is 3.40. The molecule has 0 aliphatic rings. The fourth-order valence-electron chi connectivity index (χ4n) is 2.68. The van der Waals surface area contributed by atoms with Gasteiger partial charge in [-0.1, -0.05) is 49.4 Å². The molecule has 0 spiro atoms. The number of benzene rings is 2. The van der Waals surface area contributed by atoms with E-state index in [0.29, 0.717) is 19.4 Å². The highest BCUT2D eigenvalue weighted by atomic mass is 32.2. The van der Waals surface area contributed by atoms with Crippen molar-refractivity contribution in [1.29, 1.82) is 0 Å². The summed E-state index contributed by atoms with van der Waals surface area (Å²) in [6, 6.07) is 12.9. The van der Waals surface area contributed by atoms with Gasteiger partial charge in [0.15, 0.2) is 0 Å². The standard InChI is InChI=1S/C17H21NO4S/c1-3-11-18(23(20)21)16(17(19)22-2)12-14-9-6-8-13-7-4-5-10-15(13)14/h4-10,16H,3,11-12H2,1-2H3,(H,20,21). The van der Waals surface area contributed by atoms with Crippen LogP contribution in [0.2, 0.25) is 0 Å². The van der Waals surface area contributed by atoms with E-state index in [1.54, 1.807) is 0 Å². The number of ether oxygens (including phenoxy) is 1. The molecule has 2 unspecified atom stereocenters. The highest BCUT2D eigenvalue weighted by molar-refractivity contribution is 7.76. The van der Waals surface area contributed by atoms with Crippen molar-refractivity contribution in [1.82, 2.24) is 4.31 Å². The third-order valence-corrected chi connectivity index (χ3v) is 4.60. The maximum atomic E-state index is 12.2. The summed E-state index contributed by atoms with van der Waals surface area (Å²) in [4.78, 5) is 12.2. The number of esters is 1. The normalized spacial score (nSPS) is 13.9. The second kappa shape index (κ2) is 8.19. The average molecular weight is 335 g/mol. The highest BCUT2D eigenvalue weighted by Gasteiger charge is 2.30. The van der Waals surface area contributed by atoms with Crippen LogP contribution < -0.4 is 0 Å². The monoisotopic (exact) mass is 335 g/mol. The van der Waals surface area contributed by atoms with Crippen LogP contribution in [0, 0.1) is 0 Å². The number of methoxy groups -OCH3 is 1. The van der Waals surface area contributed by atoms with Crippen LogP contribution in [0.3, 0.4) is 0 Å². The minimum Gasteiger partial charge on any atom is -0.468 e. The number of fused-ring (bicyclic) bond motifs is 1. The molecule has 2 atom stereocenters. The minimum atomic E-state index is -2.23. The molecule has 23 heavy (non-hydrogen) atoms. The van der Waals surface area contributed by atoms with Crippen LogP contribution in [-0.4, -0.2) is 38.7 Å². The number of rotatable bonds is 7. The Kier molecular flexibility index (Phi) is 6.27. The van der Waals surface area contributed by atoms with E-state index in [1.165, 1.54) is 11.4 Å². The number of carbonyl (C=O) groups excluding carboxylic acids is 1. The first-order valence-corrected chi connectivity index (χ1v) is 8.57. The first-order chi connectivity index (χ1) is 11.1. The van der Waals surface area contributed by atoms with Crippen LogP contribution in [-0.2, 0) is 27.2 Å². The molecule has 2 rings (SSSR count). The quantitative estimate of drug-likeness (QED) is 0.624. The Labute approximate surface area is 138 Å². The Bertz CT molecular complexity index is 699. The van der Waals surface area contributed by atoms with Crippen molar-refractivity contribution in [2.24, 2.45) is 0 Å². The molecular weight excluding hydrogens is 314 g/mol. The van der Waals surface area contributed by atoms with Crippen LogP contribution >= 0.6 is 0 Å². The van der Waals surface area contributed by atoms with Gasteiger partial charge in [-0.15, -0.1) is 0 Å². The summed E-state index contributed by atoms with van der Waals surface area (Å²) in [6.07, 6.45) is 0.982. The molecule has 124 valence electrons. The van der Waals surface area contributed by atoms with E-state index < -0.39 is 23.3 Å². The van der Waals surface area contributed by atoms with Gasteiger partial charge in [-0.2, -0.15) is 4.31 Å². The lowest BCUT2D eigenvalue weighted by Gasteiger charge is -2.26. The van der Waals surface area contributed by atoms with E-state index in [9.17, 15) is 13.6 Å². The number of nitrogens with zero attached hydrogens (tertiary/aromatic N) is 1. The van der Waals surface area contributed by atoms with E-state index in [2.05, 4.69) is 0 Å². The van der Waals surface area contributed by atoms with E-state index in [0.717, 1.165) is 16.3 Å². The smallest absolute Gasteiger partial charge is 0.324 e. The molecule has 1 N–H and O–H groups in total. The van der Waals surface area contributed by atoms with Crippen molar-refractivity contribution in [3.05, 3.63) is 48.0 Å². The molecule has 2 aromatic carbocycles. The van der Waals surface area contributed by atoms with Crippen LogP contribution in [0.1, 0.15) is 18.9 Å². The molecule has 0 fully saturated rings.